The minimum Gasteiger partial charge on any atom is -0.356 e. The zero-order valence-corrected chi connectivity index (χ0v) is 15.9. The Morgan fingerprint density at radius 1 is 1.40 bits per heavy atom. The van der Waals surface area contributed by atoms with Crippen LogP contribution in [0.5, 0.6) is 0 Å². The molecule has 3 nitrogen and oxygen atoms in total. The average Bonchev–Trinajstić information content (AvgIpc) is 3.06. The molecular weight excluding hydrogens is 381 g/mol. The van der Waals surface area contributed by atoms with Gasteiger partial charge in [-0.2, -0.15) is 11.8 Å². The molecule has 0 aromatic carbocycles. The fraction of sp³-hybridized carbons (Fsp3) is 0.800. The van der Waals surface area contributed by atoms with Crippen LogP contribution in [0, 0.1) is 0 Å². The van der Waals surface area contributed by atoms with Crippen molar-refractivity contribution >= 4 is 41.7 Å². The third kappa shape index (κ3) is 5.84. The fourth-order valence-corrected chi connectivity index (χ4v) is 4.02. The number of nitrogens with one attached hydrogen (secondary N) is 2. The van der Waals surface area contributed by atoms with Gasteiger partial charge in [0.25, 0.3) is 0 Å². The lowest BCUT2D eigenvalue weighted by molar-refractivity contribution is 0.584. The topological polar surface area (TPSA) is 36.4 Å². The van der Waals surface area contributed by atoms with Crippen molar-refractivity contribution in [1.29, 1.82) is 0 Å². The van der Waals surface area contributed by atoms with E-state index in [2.05, 4.69) is 40.4 Å². The normalized spacial score (nSPS) is 26.1. The molecule has 1 atom stereocenters. The molecular formula is C15H28IN3S. The molecule has 0 spiro atoms. The Morgan fingerprint density at radius 3 is 2.85 bits per heavy atom. The summed E-state index contributed by atoms with van der Waals surface area (Å²) in [5, 5.41) is 6.90. The van der Waals surface area contributed by atoms with Gasteiger partial charge >= 0.3 is 0 Å². The molecule has 0 aromatic rings. The smallest absolute Gasteiger partial charge is 0.191 e. The maximum Gasteiger partial charge on any atom is 0.191 e. The van der Waals surface area contributed by atoms with Crippen molar-refractivity contribution in [3.05, 3.63) is 11.6 Å². The van der Waals surface area contributed by atoms with E-state index in [9.17, 15) is 0 Å². The minimum absolute atomic E-state index is 0. The molecule has 0 saturated carbocycles. The van der Waals surface area contributed by atoms with Gasteiger partial charge in [-0.25, -0.2) is 0 Å². The van der Waals surface area contributed by atoms with Crippen LogP contribution >= 0.6 is 35.7 Å². The maximum absolute atomic E-state index is 4.31. The van der Waals surface area contributed by atoms with Gasteiger partial charge in [0.15, 0.2) is 5.96 Å². The lowest BCUT2D eigenvalue weighted by atomic mass is 10.1. The van der Waals surface area contributed by atoms with Gasteiger partial charge in [0, 0.05) is 24.9 Å². The third-order valence-corrected chi connectivity index (χ3v) is 5.57. The lowest BCUT2D eigenvalue weighted by Crippen LogP contribution is -2.43. The number of hydrogen-bond donors (Lipinski definition) is 2. The number of halogens is 1. The van der Waals surface area contributed by atoms with Gasteiger partial charge in [0.05, 0.1) is 0 Å². The molecule has 1 unspecified atom stereocenters. The molecule has 0 bridgehead atoms. The summed E-state index contributed by atoms with van der Waals surface area (Å²) in [5.74, 6) is 2.26. The molecule has 0 aromatic heterocycles. The Labute approximate surface area is 144 Å². The average molecular weight is 409 g/mol. The van der Waals surface area contributed by atoms with E-state index < -0.39 is 0 Å². The van der Waals surface area contributed by atoms with Gasteiger partial charge in [-0.05, 0) is 51.2 Å². The van der Waals surface area contributed by atoms with Gasteiger partial charge in [-0.3, -0.25) is 4.99 Å². The zero-order valence-electron chi connectivity index (χ0n) is 12.7. The summed E-state index contributed by atoms with van der Waals surface area (Å²) in [6.07, 6.45) is 10.1. The van der Waals surface area contributed by atoms with Crippen LogP contribution in [-0.4, -0.2) is 36.6 Å². The Bertz CT molecular complexity index is 349. The van der Waals surface area contributed by atoms with Crippen LogP contribution in [0.3, 0.4) is 0 Å². The van der Waals surface area contributed by atoms with E-state index in [1.165, 1.54) is 37.9 Å². The Kier molecular flexibility index (Phi) is 8.32. The number of guanidine groups is 1. The van der Waals surface area contributed by atoms with Gasteiger partial charge < -0.3 is 10.6 Å². The summed E-state index contributed by atoms with van der Waals surface area (Å²) < 4.78 is 0.394. The van der Waals surface area contributed by atoms with Crippen LogP contribution in [0.2, 0.25) is 0 Å². The van der Waals surface area contributed by atoms with E-state index >= 15 is 0 Å². The van der Waals surface area contributed by atoms with Gasteiger partial charge in [-0.15, -0.1) is 24.0 Å². The fourth-order valence-electron chi connectivity index (χ4n) is 2.77. The van der Waals surface area contributed by atoms with E-state index in [0.29, 0.717) is 4.75 Å². The first-order chi connectivity index (χ1) is 9.22. The molecule has 1 aliphatic carbocycles. The van der Waals surface area contributed by atoms with Crippen molar-refractivity contribution in [2.45, 2.75) is 50.2 Å². The lowest BCUT2D eigenvalue weighted by Gasteiger charge is -2.24. The first-order valence-corrected chi connectivity index (χ1v) is 8.47. The molecule has 1 fully saturated rings. The summed E-state index contributed by atoms with van der Waals surface area (Å²) >= 11 is 2.09. The molecule has 1 heterocycles. The van der Waals surface area contributed by atoms with Crippen LogP contribution in [0.1, 0.15) is 45.4 Å². The molecule has 116 valence electrons. The van der Waals surface area contributed by atoms with Crippen LogP contribution in [0.4, 0.5) is 0 Å². The quantitative estimate of drug-likeness (QED) is 0.316. The first-order valence-electron chi connectivity index (χ1n) is 7.48. The molecule has 0 amide bonds. The van der Waals surface area contributed by atoms with E-state index in [1.807, 2.05) is 7.05 Å². The number of hydrogen-bond acceptors (Lipinski definition) is 2. The summed E-state index contributed by atoms with van der Waals surface area (Å²) in [7, 11) is 1.86. The van der Waals surface area contributed by atoms with Crippen LogP contribution in [0.15, 0.2) is 16.6 Å². The van der Waals surface area contributed by atoms with Crippen LogP contribution < -0.4 is 10.6 Å². The van der Waals surface area contributed by atoms with Crippen LogP contribution in [0.25, 0.3) is 0 Å². The van der Waals surface area contributed by atoms with Gasteiger partial charge in [0.1, 0.15) is 0 Å². The van der Waals surface area contributed by atoms with E-state index in [-0.39, 0.29) is 24.0 Å². The largest absolute Gasteiger partial charge is 0.356 e. The summed E-state index contributed by atoms with van der Waals surface area (Å²) in [6, 6.07) is 0. The van der Waals surface area contributed by atoms with E-state index in [4.69, 9.17) is 0 Å². The van der Waals surface area contributed by atoms with Crippen LogP contribution in [-0.2, 0) is 0 Å². The SMILES string of the molecule is CN=C(NCCC1=CCCC1)NCC1(C)CCCS1.I. The van der Waals surface area contributed by atoms with Crippen molar-refractivity contribution < 1.29 is 0 Å². The monoisotopic (exact) mass is 409 g/mol. The zero-order chi connectivity index (χ0) is 13.6. The summed E-state index contributed by atoms with van der Waals surface area (Å²) in [6.45, 7) is 4.36. The maximum atomic E-state index is 4.31. The van der Waals surface area contributed by atoms with E-state index in [1.54, 1.807) is 5.57 Å². The second kappa shape index (κ2) is 9.18. The van der Waals surface area contributed by atoms with Crippen molar-refractivity contribution in [2.24, 2.45) is 4.99 Å². The second-order valence-corrected chi connectivity index (χ2v) is 7.44. The Hall–Kier alpha value is 0.0900. The molecule has 2 aliphatic rings. The van der Waals surface area contributed by atoms with E-state index in [0.717, 1.165) is 25.5 Å². The highest BCUT2D eigenvalue weighted by Crippen LogP contribution is 2.36. The summed E-state index contributed by atoms with van der Waals surface area (Å²) in [4.78, 5) is 4.31. The first kappa shape index (κ1) is 18.1. The minimum atomic E-state index is 0. The second-order valence-electron chi connectivity index (χ2n) is 5.76. The molecule has 1 aliphatic heterocycles. The standard InChI is InChI=1S/C15H27N3S.HI/c1-15(9-5-11-19-15)12-18-14(16-2)17-10-8-13-6-3-4-7-13;/h6H,3-5,7-12H2,1-2H3,(H2,16,17,18);1H. The van der Waals surface area contributed by atoms with Crippen molar-refractivity contribution in [2.75, 3.05) is 25.9 Å². The molecule has 1 saturated heterocycles. The highest BCUT2D eigenvalue weighted by molar-refractivity contribution is 14.0. The molecule has 5 heteroatoms. The number of thioether (sulfide) groups is 1. The highest BCUT2D eigenvalue weighted by Gasteiger charge is 2.29. The molecule has 2 rings (SSSR count). The molecule has 0 radical (unpaired) electrons. The molecule has 20 heavy (non-hydrogen) atoms. The Morgan fingerprint density at radius 2 is 2.25 bits per heavy atom. The molecule has 2 N–H and O–H groups in total. The predicted molar refractivity (Wildman–Crippen MR) is 101 cm³/mol. The van der Waals surface area contributed by atoms with Crippen molar-refractivity contribution in [3.8, 4) is 0 Å². The number of nitrogens with zero attached hydrogens (tertiary/aromatic N) is 1. The highest BCUT2D eigenvalue weighted by atomic mass is 127. The number of rotatable bonds is 5. The van der Waals surface area contributed by atoms with Crippen molar-refractivity contribution in [1.82, 2.24) is 10.6 Å². The predicted octanol–water partition coefficient (Wildman–Crippen LogP) is 3.56. The number of allylic oxidation sites excluding steroid dienone is 1. The van der Waals surface area contributed by atoms with Gasteiger partial charge in [0.2, 0.25) is 0 Å². The number of aliphatic imine (C=N–C) groups is 1. The van der Waals surface area contributed by atoms with Gasteiger partial charge in [-0.1, -0.05) is 11.6 Å². The Balaban J connectivity index is 0.00000200. The summed E-state index contributed by atoms with van der Waals surface area (Å²) in [5.41, 5.74) is 1.61. The third-order valence-electron chi connectivity index (χ3n) is 4.03. The van der Waals surface area contributed by atoms with Crippen molar-refractivity contribution in [3.63, 3.8) is 0 Å².